The molecule has 0 aliphatic carbocycles. The third-order valence-electron chi connectivity index (χ3n) is 5.66. The average Bonchev–Trinajstić information content (AvgIpc) is 3.16. The highest BCUT2D eigenvalue weighted by Gasteiger charge is 2.32. The number of ether oxygens (including phenoxy) is 4. The molecule has 0 atom stereocenters. The Morgan fingerprint density at radius 3 is 2.32 bits per heavy atom. The zero-order valence-corrected chi connectivity index (χ0v) is 19.6. The zero-order chi connectivity index (χ0) is 24.2. The molecule has 0 amide bonds. The molecule has 3 aromatic carbocycles. The summed E-state index contributed by atoms with van der Waals surface area (Å²) in [6.07, 6.45) is 1.61. The van der Waals surface area contributed by atoms with Crippen molar-refractivity contribution in [3.05, 3.63) is 82.6 Å². The number of phenols is 1. The Hall–Kier alpha value is -3.97. The Morgan fingerprint density at radius 1 is 0.912 bits per heavy atom. The minimum Gasteiger partial charge on any atom is -0.507 e. The van der Waals surface area contributed by atoms with Gasteiger partial charge in [0.15, 0.2) is 17.3 Å². The largest absolute Gasteiger partial charge is 0.507 e. The Balaban J connectivity index is 1.65. The van der Waals surface area contributed by atoms with Crippen LogP contribution in [0.4, 0.5) is 0 Å². The Morgan fingerprint density at radius 2 is 1.65 bits per heavy atom. The molecular weight excluding hydrogens is 434 g/mol. The normalized spacial score (nSPS) is 13.7. The molecule has 3 aromatic rings. The van der Waals surface area contributed by atoms with E-state index in [1.54, 1.807) is 31.4 Å². The number of rotatable bonds is 8. The lowest BCUT2D eigenvalue weighted by Crippen LogP contribution is -2.17. The summed E-state index contributed by atoms with van der Waals surface area (Å²) in [5, 5.41) is 10.6. The van der Waals surface area contributed by atoms with Gasteiger partial charge in [0, 0.05) is 18.7 Å². The Kier molecular flexibility index (Phi) is 6.75. The van der Waals surface area contributed by atoms with E-state index in [1.165, 1.54) is 20.3 Å². The number of benzene rings is 3. The van der Waals surface area contributed by atoms with Gasteiger partial charge in [-0.1, -0.05) is 30.3 Å². The predicted molar refractivity (Wildman–Crippen MR) is 129 cm³/mol. The first-order valence-electron chi connectivity index (χ1n) is 10.8. The van der Waals surface area contributed by atoms with Gasteiger partial charge in [0.1, 0.15) is 11.5 Å². The number of Topliss-reactive ketones (excluding diaryl/α,β-unsaturated/α-hetero) is 1. The molecule has 1 aliphatic rings. The molecule has 0 bridgehead atoms. The van der Waals surface area contributed by atoms with Crippen LogP contribution in [0, 0.1) is 0 Å². The van der Waals surface area contributed by atoms with E-state index in [0.29, 0.717) is 52.8 Å². The Bertz CT molecular complexity index is 1240. The molecule has 7 heteroatoms. The number of methoxy groups -OCH3 is 3. The monoisotopic (exact) mass is 461 g/mol. The highest BCUT2D eigenvalue weighted by Crippen LogP contribution is 2.43. The quantitative estimate of drug-likeness (QED) is 0.489. The molecule has 7 nitrogen and oxygen atoms in total. The van der Waals surface area contributed by atoms with Crippen molar-refractivity contribution in [2.24, 2.45) is 0 Å². The van der Waals surface area contributed by atoms with Gasteiger partial charge in [-0.3, -0.25) is 9.69 Å². The van der Waals surface area contributed by atoms with Crippen molar-refractivity contribution in [3.8, 4) is 28.7 Å². The van der Waals surface area contributed by atoms with Crippen LogP contribution in [0.2, 0.25) is 0 Å². The van der Waals surface area contributed by atoms with Crippen molar-refractivity contribution in [1.82, 2.24) is 4.90 Å². The van der Waals surface area contributed by atoms with Crippen LogP contribution < -0.4 is 18.9 Å². The van der Waals surface area contributed by atoms with E-state index in [4.69, 9.17) is 18.9 Å². The molecule has 0 aromatic heterocycles. The van der Waals surface area contributed by atoms with E-state index in [2.05, 4.69) is 4.90 Å². The van der Waals surface area contributed by atoms with Gasteiger partial charge in [-0.05, 0) is 43.0 Å². The topological polar surface area (TPSA) is 77.5 Å². The van der Waals surface area contributed by atoms with E-state index in [-0.39, 0.29) is 17.3 Å². The average molecular weight is 462 g/mol. The van der Waals surface area contributed by atoms with Crippen molar-refractivity contribution < 1.29 is 28.8 Å². The molecule has 4 rings (SSSR count). The predicted octanol–water partition coefficient (Wildman–Crippen LogP) is 4.67. The molecule has 0 fully saturated rings. The highest BCUT2D eigenvalue weighted by atomic mass is 16.5. The number of nitrogens with zero attached hydrogens (tertiary/aromatic N) is 1. The first-order valence-corrected chi connectivity index (χ1v) is 10.8. The first-order chi connectivity index (χ1) is 16.5. The first kappa shape index (κ1) is 23.2. The zero-order valence-electron chi connectivity index (χ0n) is 19.6. The fraction of sp³-hybridized carbons (Fsp3) is 0.222. The van der Waals surface area contributed by atoms with Crippen molar-refractivity contribution in [2.45, 2.75) is 13.1 Å². The number of phenolic OH excluding ortho intramolecular Hbond substituents is 1. The number of aromatic hydroxyl groups is 1. The second-order valence-electron chi connectivity index (χ2n) is 7.96. The molecule has 1 N–H and O–H groups in total. The molecule has 176 valence electrons. The van der Waals surface area contributed by atoms with Gasteiger partial charge in [-0.2, -0.15) is 0 Å². The third kappa shape index (κ3) is 4.43. The summed E-state index contributed by atoms with van der Waals surface area (Å²) in [6, 6.07) is 16.7. The molecule has 0 radical (unpaired) electrons. The van der Waals surface area contributed by atoms with Crippen LogP contribution in [-0.2, 0) is 13.1 Å². The maximum Gasteiger partial charge on any atom is 0.231 e. The van der Waals surface area contributed by atoms with E-state index >= 15 is 0 Å². The van der Waals surface area contributed by atoms with E-state index in [9.17, 15) is 9.90 Å². The van der Waals surface area contributed by atoms with Crippen LogP contribution >= 0.6 is 0 Å². The van der Waals surface area contributed by atoms with Gasteiger partial charge in [-0.25, -0.2) is 0 Å². The molecule has 1 heterocycles. The van der Waals surface area contributed by atoms with Gasteiger partial charge in [0.2, 0.25) is 11.5 Å². The summed E-state index contributed by atoms with van der Waals surface area (Å²) < 4.78 is 22.3. The summed E-state index contributed by atoms with van der Waals surface area (Å²) in [4.78, 5) is 15.2. The van der Waals surface area contributed by atoms with Crippen LogP contribution in [0.5, 0.6) is 28.7 Å². The van der Waals surface area contributed by atoms with E-state index in [1.807, 2.05) is 37.4 Å². The molecule has 0 saturated heterocycles. The number of carbonyl (C=O) groups excluding carboxylic acids is 1. The third-order valence-corrected chi connectivity index (χ3v) is 5.66. The van der Waals surface area contributed by atoms with Gasteiger partial charge in [0.05, 0.1) is 32.5 Å². The molecule has 0 spiro atoms. The minimum atomic E-state index is -0.265. The molecule has 1 aliphatic heterocycles. The SMILES string of the molecule is COc1ccc(/C=C2\Oc3c(ccc(O)c3CN(C)Cc3ccccc3)C2=O)c(OC)c1OC. The second kappa shape index (κ2) is 9.89. The van der Waals surface area contributed by atoms with Gasteiger partial charge in [0.25, 0.3) is 0 Å². The second-order valence-corrected chi connectivity index (χ2v) is 7.96. The van der Waals surface area contributed by atoms with Gasteiger partial charge >= 0.3 is 0 Å². The lowest BCUT2D eigenvalue weighted by atomic mass is 10.0. The van der Waals surface area contributed by atoms with Gasteiger partial charge in [-0.15, -0.1) is 0 Å². The van der Waals surface area contributed by atoms with Gasteiger partial charge < -0.3 is 24.1 Å². The van der Waals surface area contributed by atoms with E-state index in [0.717, 1.165) is 5.56 Å². The summed E-state index contributed by atoms with van der Waals surface area (Å²) in [5.41, 5.74) is 2.72. The summed E-state index contributed by atoms with van der Waals surface area (Å²) in [5.74, 6) is 1.68. The standard InChI is InChI=1S/C27H27NO6/c1-28(15-17-8-6-5-7-9-17)16-20-21(29)12-11-19-24(30)23(34-26(19)20)14-18-10-13-22(31-2)27(33-4)25(18)32-3/h5-14,29H,15-16H2,1-4H3/b23-14-. The molecule has 0 saturated carbocycles. The minimum absolute atomic E-state index is 0.0800. The maximum absolute atomic E-state index is 13.1. The molecular formula is C27H27NO6. The number of hydrogen-bond donors (Lipinski definition) is 1. The van der Waals surface area contributed by atoms with Crippen molar-refractivity contribution in [3.63, 3.8) is 0 Å². The molecule has 0 unspecified atom stereocenters. The number of carbonyl (C=O) groups is 1. The van der Waals surface area contributed by atoms with Crippen LogP contribution in [0.15, 0.2) is 60.4 Å². The van der Waals surface area contributed by atoms with Crippen LogP contribution in [0.1, 0.15) is 27.0 Å². The van der Waals surface area contributed by atoms with Crippen LogP contribution in [0.3, 0.4) is 0 Å². The smallest absolute Gasteiger partial charge is 0.231 e. The fourth-order valence-electron chi connectivity index (χ4n) is 4.05. The lowest BCUT2D eigenvalue weighted by Gasteiger charge is -2.19. The summed E-state index contributed by atoms with van der Waals surface area (Å²) >= 11 is 0. The van der Waals surface area contributed by atoms with Crippen LogP contribution in [0.25, 0.3) is 6.08 Å². The summed E-state index contributed by atoms with van der Waals surface area (Å²) in [6.45, 7) is 1.09. The number of ketones is 1. The lowest BCUT2D eigenvalue weighted by molar-refractivity contribution is 0.101. The highest BCUT2D eigenvalue weighted by molar-refractivity contribution is 6.15. The number of fused-ring (bicyclic) bond motifs is 1. The summed E-state index contributed by atoms with van der Waals surface area (Å²) in [7, 11) is 6.53. The fourth-order valence-corrected chi connectivity index (χ4v) is 4.05. The molecule has 34 heavy (non-hydrogen) atoms. The van der Waals surface area contributed by atoms with Crippen molar-refractivity contribution >= 4 is 11.9 Å². The van der Waals surface area contributed by atoms with Crippen LogP contribution in [-0.4, -0.2) is 44.2 Å². The van der Waals surface area contributed by atoms with Crippen molar-refractivity contribution in [2.75, 3.05) is 28.4 Å². The van der Waals surface area contributed by atoms with Crippen molar-refractivity contribution in [1.29, 1.82) is 0 Å². The Labute approximate surface area is 198 Å². The number of hydrogen-bond acceptors (Lipinski definition) is 7. The maximum atomic E-state index is 13.1. The number of allylic oxidation sites excluding steroid dienone is 1. The van der Waals surface area contributed by atoms with E-state index < -0.39 is 0 Å².